The third-order valence-corrected chi connectivity index (χ3v) is 4.89. The number of primary amides is 1. The fourth-order valence-corrected chi connectivity index (χ4v) is 3.58. The SMILES string of the molecule is NC(=O)c1ccc(NC(=O)NC2CCCN(Cc3ccccc3)C2)cc1Cl. The van der Waals surface area contributed by atoms with Gasteiger partial charge in [0.25, 0.3) is 0 Å². The van der Waals surface area contributed by atoms with E-state index in [1.807, 2.05) is 18.2 Å². The molecule has 0 bridgehead atoms. The van der Waals surface area contributed by atoms with Crippen LogP contribution in [0.5, 0.6) is 0 Å². The van der Waals surface area contributed by atoms with Gasteiger partial charge in [-0.05, 0) is 43.1 Å². The number of amides is 3. The van der Waals surface area contributed by atoms with E-state index in [-0.39, 0.29) is 22.7 Å². The van der Waals surface area contributed by atoms with Crippen LogP contribution in [0.4, 0.5) is 10.5 Å². The number of rotatable bonds is 5. The number of nitrogens with zero attached hydrogens (tertiary/aromatic N) is 1. The Hall–Kier alpha value is -2.57. The first-order valence-electron chi connectivity index (χ1n) is 8.94. The van der Waals surface area contributed by atoms with Gasteiger partial charge in [0.05, 0.1) is 10.6 Å². The average Bonchev–Trinajstić information content (AvgIpc) is 2.62. The molecule has 2 aromatic carbocycles. The Kier molecular flexibility index (Phi) is 6.32. The molecule has 1 aliphatic rings. The van der Waals surface area contributed by atoms with Crippen LogP contribution in [0.1, 0.15) is 28.8 Å². The summed E-state index contributed by atoms with van der Waals surface area (Å²) in [6, 6.07) is 14.7. The summed E-state index contributed by atoms with van der Waals surface area (Å²) in [5, 5.41) is 5.98. The number of anilines is 1. The molecule has 2 aromatic rings. The monoisotopic (exact) mass is 386 g/mol. The van der Waals surface area contributed by atoms with Gasteiger partial charge >= 0.3 is 6.03 Å². The molecule has 4 N–H and O–H groups in total. The van der Waals surface area contributed by atoms with E-state index in [4.69, 9.17) is 17.3 Å². The summed E-state index contributed by atoms with van der Waals surface area (Å²) >= 11 is 6.02. The number of hydrogen-bond donors (Lipinski definition) is 3. The van der Waals surface area contributed by atoms with Crippen LogP contribution >= 0.6 is 11.6 Å². The van der Waals surface area contributed by atoms with Crippen LogP contribution < -0.4 is 16.4 Å². The summed E-state index contributed by atoms with van der Waals surface area (Å²) in [6.07, 6.45) is 1.98. The summed E-state index contributed by atoms with van der Waals surface area (Å²) < 4.78 is 0. The summed E-state index contributed by atoms with van der Waals surface area (Å²) in [4.78, 5) is 25.9. The Morgan fingerprint density at radius 2 is 1.96 bits per heavy atom. The second kappa shape index (κ2) is 8.88. The molecule has 6 nitrogen and oxygen atoms in total. The first-order valence-corrected chi connectivity index (χ1v) is 9.32. The van der Waals surface area contributed by atoms with E-state index < -0.39 is 5.91 Å². The molecule has 3 amide bonds. The maximum Gasteiger partial charge on any atom is 0.319 e. The van der Waals surface area contributed by atoms with E-state index in [1.165, 1.54) is 17.7 Å². The van der Waals surface area contributed by atoms with Gasteiger partial charge in [0, 0.05) is 24.8 Å². The van der Waals surface area contributed by atoms with E-state index in [9.17, 15) is 9.59 Å². The predicted molar refractivity (Wildman–Crippen MR) is 107 cm³/mol. The number of piperidine rings is 1. The number of urea groups is 1. The molecule has 1 aliphatic heterocycles. The average molecular weight is 387 g/mol. The van der Waals surface area contributed by atoms with Gasteiger partial charge in [0.1, 0.15) is 0 Å². The molecular weight excluding hydrogens is 364 g/mol. The van der Waals surface area contributed by atoms with Gasteiger partial charge in [0.2, 0.25) is 5.91 Å². The van der Waals surface area contributed by atoms with E-state index in [2.05, 4.69) is 27.7 Å². The van der Waals surface area contributed by atoms with Crippen LogP contribution in [-0.4, -0.2) is 36.0 Å². The van der Waals surface area contributed by atoms with Gasteiger partial charge in [-0.15, -0.1) is 0 Å². The van der Waals surface area contributed by atoms with Crippen molar-refractivity contribution in [3.8, 4) is 0 Å². The number of nitrogens with one attached hydrogen (secondary N) is 2. The van der Waals surface area contributed by atoms with E-state index in [0.29, 0.717) is 5.69 Å². The zero-order valence-corrected chi connectivity index (χ0v) is 15.7. The number of nitrogens with two attached hydrogens (primary N) is 1. The normalized spacial score (nSPS) is 17.3. The van der Waals surface area contributed by atoms with Crippen LogP contribution in [0.3, 0.4) is 0 Å². The number of likely N-dealkylation sites (tertiary alicyclic amines) is 1. The maximum absolute atomic E-state index is 12.3. The topological polar surface area (TPSA) is 87.5 Å². The molecule has 1 unspecified atom stereocenters. The molecule has 0 radical (unpaired) electrons. The highest BCUT2D eigenvalue weighted by Gasteiger charge is 2.21. The second-order valence-corrected chi connectivity index (χ2v) is 7.12. The van der Waals surface area contributed by atoms with Crippen molar-refractivity contribution < 1.29 is 9.59 Å². The lowest BCUT2D eigenvalue weighted by atomic mass is 10.0. The minimum atomic E-state index is -0.600. The lowest BCUT2D eigenvalue weighted by Gasteiger charge is -2.33. The van der Waals surface area contributed by atoms with Gasteiger partial charge in [-0.3, -0.25) is 9.69 Å². The van der Waals surface area contributed by atoms with Crippen LogP contribution in [-0.2, 0) is 6.54 Å². The summed E-state index contributed by atoms with van der Waals surface area (Å²) in [5.41, 5.74) is 7.24. The summed E-state index contributed by atoms with van der Waals surface area (Å²) in [5.74, 6) is -0.600. The van der Waals surface area contributed by atoms with Crippen molar-refractivity contribution in [2.45, 2.75) is 25.4 Å². The fourth-order valence-electron chi connectivity index (χ4n) is 3.30. The van der Waals surface area contributed by atoms with E-state index in [1.54, 1.807) is 6.07 Å². The number of carbonyl (C=O) groups excluding carboxylic acids is 2. The Balaban J connectivity index is 1.53. The first-order chi connectivity index (χ1) is 13.0. The second-order valence-electron chi connectivity index (χ2n) is 6.72. The number of carbonyl (C=O) groups is 2. The van der Waals surface area contributed by atoms with Crippen molar-refractivity contribution in [2.24, 2.45) is 5.73 Å². The van der Waals surface area contributed by atoms with Gasteiger partial charge < -0.3 is 16.4 Å². The van der Waals surface area contributed by atoms with Crippen molar-refractivity contribution in [3.63, 3.8) is 0 Å². The standard InChI is InChI=1S/C20H23ClN4O2/c21-18-11-15(8-9-17(18)19(22)26)23-20(27)24-16-7-4-10-25(13-16)12-14-5-2-1-3-6-14/h1-3,5-6,8-9,11,16H,4,7,10,12-13H2,(H2,22,26)(H2,23,24,27). The molecule has 0 aliphatic carbocycles. The third-order valence-electron chi connectivity index (χ3n) is 4.58. The predicted octanol–water partition coefficient (Wildman–Crippen LogP) is 3.23. The minimum absolute atomic E-state index is 0.0860. The molecule has 27 heavy (non-hydrogen) atoms. The molecule has 1 atom stereocenters. The fraction of sp³-hybridized carbons (Fsp3) is 0.300. The van der Waals surface area contributed by atoms with Gasteiger partial charge in [-0.2, -0.15) is 0 Å². The van der Waals surface area contributed by atoms with Crippen LogP contribution in [0.2, 0.25) is 5.02 Å². The molecule has 142 valence electrons. The molecule has 1 saturated heterocycles. The Bertz CT molecular complexity index is 813. The lowest BCUT2D eigenvalue weighted by Crippen LogP contribution is -2.48. The van der Waals surface area contributed by atoms with E-state index in [0.717, 1.165) is 32.5 Å². The van der Waals surface area contributed by atoms with E-state index >= 15 is 0 Å². The molecule has 7 heteroatoms. The zero-order chi connectivity index (χ0) is 19.2. The molecule has 1 fully saturated rings. The number of halogens is 1. The Morgan fingerprint density at radius 3 is 2.67 bits per heavy atom. The van der Waals surface area contributed by atoms with Crippen molar-refractivity contribution in [3.05, 3.63) is 64.7 Å². The van der Waals surface area contributed by atoms with Crippen molar-refractivity contribution >= 4 is 29.2 Å². The molecule has 3 rings (SSSR count). The Morgan fingerprint density at radius 1 is 1.19 bits per heavy atom. The zero-order valence-electron chi connectivity index (χ0n) is 15.0. The smallest absolute Gasteiger partial charge is 0.319 e. The van der Waals surface area contributed by atoms with Crippen molar-refractivity contribution in [1.29, 1.82) is 0 Å². The van der Waals surface area contributed by atoms with Crippen molar-refractivity contribution in [2.75, 3.05) is 18.4 Å². The highest BCUT2D eigenvalue weighted by molar-refractivity contribution is 6.34. The Labute approximate surface area is 163 Å². The van der Waals surface area contributed by atoms with Gasteiger partial charge in [-0.1, -0.05) is 41.9 Å². The molecule has 0 saturated carbocycles. The lowest BCUT2D eigenvalue weighted by molar-refractivity contribution is 0.100. The molecule has 1 heterocycles. The highest BCUT2D eigenvalue weighted by atomic mass is 35.5. The third kappa shape index (κ3) is 5.45. The van der Waals surface area contributed by atoms with Crippen LogP contribution in [0.25, 0.3) is 0 Å². The highest BCUT2D eigenvalue weighted by Crippen LogP contribution is 2.21. The largest absolute Gasteiger partial charge is 0.366 e. The first kappa shape index (κ1) is 19.2. The number of hydrogen-bond acceptors (Lipinski definition) is 3. The van der Waals surface area contributed by atoms with Crippen molar-refractivity contribution in [1.82, 2.24) is 10.2 Å². The van der Waals surface area contributed by atoms with Gasteiger partial charge in [0.15, 0.2) is 0 Å². The quantitative estimate of drug-likeness (QED) is 0.737. The van der Waals surface area contributed by atoms with Crippen LogP contribution in [0.15, 0.2) is 48.5 Å². The minimum Gasteiger partial charge on any atom is -0.366 e. The van der Waals surface area contributed by atoms with Gasteiger partial charge in [-0.25, -0.2) is 4.79 Å². The maximum atomic E-state index is 12.3. The molecule has 0 aromatic heterocycles. The summed E-state index contributed by atoms with van der Waals surface area (Å²) in [7, 11) is 0. The molecule has 0 spiro atoms. The molecular formula is C20H23ClN4O2. The summed E-state index contributed by atoms with van der Waals surface area (Å²) in [6.45, 7) is 2.72. The number of benzene rings is 2. The van der Waals surface area contributed by atoms with Crippen LogP contribution in [0, 0.1) is 0 Å².